The summed E-state index contributed by atoms with van der Waals surface area (Å²) < 4.78 is 22.3. The van der Waals surface area contributed by atoms with Crippen molar-refractivity contribution in [2.75, 3.05) is 13.2 Å². The molecule has 0 saturated carbocycles. The van der Waals surface area contributed by atoms with Crippen molar-refractivity contribution in [1.82, 2.24) is 0 Å². The van der Waals surface area contributed by atoms with Crippen molar-refractivity contribution in [2.24, 2.45) is 23.3 Å². The first kappa shape index (κ1) is 21.1. The SMILES string of the molecule is CC(C)CC(N)C(=O)OC1COC2C(OC(=O)C(N)CC(C)C)COC12. The second-order valence-electron chi connectivity index (χ2n) is 8.02. The third-order valence-electron chi connectivity index (χ3n) is 4.55. The molecule has 0 aromatic carbocycles. The van der Waals surface area contributed by atoms with Gasteiger partial charge >= 0.3 is 11.9 Å². The monoisotopic (exact) mass is 372 g/mol. The van der Waals surface area contributed by atoms with Gasteiger partial charge in [0.05, 0.1) is 13.2 Å². The van der Waals surface area contributed by atoms with E-state index in [0.29, 0.717) is 24.7 Å². The van der Waals surface area contributed by atoms with Crippen molar-refractivity contribution < 1.29 is 28.5 Å². The largest absolute Gasteiger partial charge is 0.456 e. The van der Waals surface area contributed by atoms with Crippen LogP contribution in [0, 0.1) is 11.8 Å². The van der Waals surface area contributed by atoms with Crippen LogP contribution in [-0.4, -0.2) is 61.7 Å². The summed E-state index contributed by atoms with van der Waals surface area (Å²) in [6, 6.07) is -1.34. The predicted molar refractivity (Wildman–Crippen MR) is 94.1 cm³/mol. The second-order valence-corrected chi connectivity index (χ2v) is 8.02. The van der Waals surface area contributed by atoms with Crippen molar-refractivity contribution in [1.29, 1.82) is 0 Å². The molecule has 0 bridgehead atoms. The minimum Gasteiger partial charge on any atom is -0.456 e. The summed E-state index contributed by atoms with van der Waals surface area (Å²) in [5, 5.41) is 0. The fourth-order valence-corrected chi connectivity index (χ4v) is 3.31. The highest BCUT2D eigenvalue weighted by Crippen LogP contribution is 2.31. The summed E-state index contributed by atoms with van der Waals surface area (Å²) >= 11 is 0. The number of hydrogen-bond donors (Lipinski definition) is 2. The van der Waals surface area contributed by atoms with E-state index < -0.39 is 48.4 Å². The molecule has 4 N–H and O–H groups in total. The number of esters is 2. The van der Waals surface area contributed by atoms with Gasteiger partial charge in [-0.05, 0) is 24.7 Å². The molecule has 6 atom stereocenters. The standard InChI is InChI=1S/C18H32N2O6/c1-9(2)5-11(19)17(21)25-13-7-23-16-14(8-24-15(13)16)26-18(22)12(20)6-10(3)4/h9-16H,5-8,19-20H2,1-4H3. The lowest BCUT2D eigenvalue weighted by Gasteiger charge is -2.20. The summed E-state index contributed by atoms with van der Waals surface area (Å²) in [5.74, 6) is -0.328. The molecule has 8 heteroatoms. The molecule has 2 saturated heterocycles. The first-order valence-corrected chi connectivity index (χ1v) is 9.34. The zero-order valence-corrected chi connectivity index (χ0v) is 16.1. The van der Waals surface area contributed by atoms with Gasteiger partial charge in [-0.2, -0.15) is 0 Å². The second kappa shape index (κ2) is 9.12. The van der Waals surface area contributed by atoms with Crippen LogP contribution in [0.5, 0.6) is 0 Å². The van der Waals surface area contributed by atoms with E-state index in [1.165, 1.54) is 0 Å². The number of ether oxygens (including phenoxy) is 4. The molecule has 8 nitrogen and oxygen atoms in total. The normalized spacial score (nSPS) is 30.3. The van der Waals surface area contributed by atoms with Gasteiger partial charge in [-0.3, -0.25) is 9.59 Å². The third kappa shape index (κ3) is 5.39. The van der Waals surface area contributed by atoms with Gasteiger partial charge in [0, 0.05) is 0 Å². The zero-order valence-electron chi connectivity index (χ0n) is 16.1. The molecule has 0 amide bonds. The highest BCUT2D eigenvalue weighted by Gasteiger charge is 2.51. The van der Waals surface area contributed by atoms with Crippen LogP contribution in [0.2, 0.25) is 0 Å². The van der Waals surface area contributed by atoms with E-state index in [0.717, 1.165) is 0 Å². The maximum atomic E-state index is 12.1. The Bertz CT molecular complexity index is 454. The van der Waals surface area contributed by atoms with Crippen molar-refractivity contribution in [2.45, 2.75) is 77.0 Å². The van der Waals surface area contributed by atoms with E-state index in [1.807, 2.05) is 27.7 Å². The quantitative estimate of drug-likeness (QED) is 0.585. The Kier molecular flexibility index (Phi) is 7.40. The highest BCUT2D eigenvalue weighted by atomic mass is 16.7. The summed E-state index contributed by atoms with van der Waals surface area (Å²) in [5.41, 5.74) is 11.7. The molecule has 0 aromatic rings. The number of hydrogen-bond acceptors (Lipinski definition) is 8. The van der Waals surface area contributed by atoms with E-state index in [4.69, 9.17) is 30.4 Å². The Morgan fingerprint density at radius 2 is 1.19 bits per heavy atom. The minimum atomic E-state index is -0.668. The van der Waals surface area contributed by atoms with Crippen LogP contribution in [-0.2, 0) is 28.5 Å². The van der Waals surface area contributed by atoms with Crippen molar-refractivity contribution in [3.63, 3.8) is 0 Å². The number of nitrogens with two attached hydrogens (primary N) is 2. The number of carbonyl (C=O) groups excluding carboxylic acids is 2. The lowest BCUT2D eigenvalue weighted by atomic mass is 10.0. The molecular weight excluding hydrogens is 340 g/mol. The van der Waals surface area contributed by atoms with E-state index >= 15 is 0 Å². The molecule has 0 aromatic heterocycles. The Hall–Kier alpha value is -1.22. The topological polar surface area (TPSA) is 123 Å². The first-order valence-electron chi connectivity index (χ1n) is 9.34. The Morgan fingerprint density at radius 3 is 1.50 bits per heavy atom. The maximum Gasteiger partial charge on any atom is 0.323 e. The average molecular weight is 372 g/mol. The lowest BCUT2D eigenvalue weighted by Crippen LogP contribution is -2.42. The van der Waals surface area contributed by atoms with Crippen LogP contribution in [0.3, 0.4) is 0 Å². The fraction of sp³-hybridized carbons (Fsp3) is 0.889. The summed E-state index contributed by atoms with van der Waals surface area (Å²) in [6.07, 6.45) is -0.892. The van der Waals surface area contributed by atoms with Gasteiger partial charge in [-0.1, -0.05) is 27.7 Å². The fourth-order valence-electron chi connectivity index (χ4n) is 3.31. The van der Waals surface area contributed by atoms with Crippen LogP contribution in [0.15, 0.2) is 0 Å². The molecule has 2 aliphatic heterocycles. The van der Waals surface area contributed by atoms with Gasteiger partial charge in [-0.25, -0.2) is 0 Å². The Morgan fingerprint density at radius 1 is 0.846 bits per heavy atom. The molecule has 150 valence electrons. The number of rotatable bonds is 8. The van der Waals surface area contributed by atoms with E-state index in [2.05, 4.69) is 0 Å². The summed E-state index contributed by atoms with van der Waals surface area (Å²) in [6.45, 7) is 8.36. The molecule has 2 aliphatic rings. The zero-order chi connectivity index (χ0) is 19.4. The molecule has 0 aliphatic carbocycles. The molecule has 2 fully saturated rings. The lowest BCUT2D eigenvalue weighted by molar-refractivity contribution is -0.157. The molecule has 0 spiro atoms. The number of fused-ring (bicyclic) bond motifs is 1. The van der Waals surface area contributed by atoms with Crippen molar-refractivity contribution in [3.05, 3.63) is 0 Å². The molecular formula is C18H32N2O6. The van der Waals surface area contributed by atoms with Crippen LogP contribution in [0.1, 0.15) is 40.5 Å². The van der Waals surface area contributed by atoms with Crippen LogP contribution in [0.25, 0.3) is 0 Å². The van der Waals surface area contributed by atoms with Gasteiger partial charge < -0.3 is 30.4 Å². The van der Waals surface area contributed by atoms with Crippen molar-refractivity contribution in [3.8, 4) is 0 Å². The average Bonchev–Trinajstić information content (AvgIpc) is 3.09. The summed E-state index contributed by atoms with van der Waals surface area (Å²) in [4.78, 5) is 24.2. The van der Waals surface area contributed by atoms with E-state index in [1.54, 1.807) is 0 Å². The molecule has 6 unspecified atom stereocenters. The van der Waals surface area contributed by atoms with E-state index in [-0.39, 0.29) is 13.2 Å². The van der Waals surface area contributed by atoms with Gasteiger partial charge in [0.1, 0.15) is 24.3 Å². The van der Waals surface area contributed by atoms with E-state index in [9.17, 15) is 9.59 Å². The van der Waals surface area contributed by atoms with Gasteiger partial charge in [0.15, 0.2) is 12.2 Å². The predicted octanol–water partition coefficient (Wildman–Crippen LogP) is 0.354. The molecule has 0 radical (unpaired) electrons. The van der Waals surface area contributed by atoms with Crippen LogP contribution in [0.4, 0.5) is 0 Å². The first-order chi connectivity index (χ1) is 12.2. The van der Waals surface area contributed by atoms with Crippen LogP contribution < -0.4 is 11.5 Å². The Labute approximate surface area is 154 Å². The molecule has 2 heterocycles. The van der Waals surface area contributed by atoms with Gasteiger partial charge in [-0.15, -0.1) is 0 Å². The van der Waals surface area contributed by atoms with Crippen molar-refractivity contribution >= 4 is 11.9 Å². The molecule has 2 rings (SSSR count). The minimum absolute atomic E-state index is 0.196. The third-order valence-corrected chi connectivity index (χ3v) is 4.55. The maximum absolute atomic E-state index is 12.1. The molecule has 26 heavy (non-hydrogen) atoms. The van der Waals surface area contributed by atoms with Crippen LogP contribution >= 0.6 is 0 Å². The highest BCUT2D eigenvalue weighted by molar-refractivity contribution is 5.76. The number of carbonyl (C=O) groups is 2. The van der Waals surface area contributed by atoms with Gasteiger partial charge in [0.25, 0.3) is 0 Å². The van der Waals surface area contributed by atoms with Gasteiger partial charge in [0.2, 0.25) is 0 Å². The smallest absolute Gasteiger partial charge is 0.323 e. The Balaban J connectivity index is 1.85. The summed E-state index contributed by atoms with van der Waals surface area (Å²) in [7, 11) is 0.